The Bertz CT molecular complexity index is 1790. The maximum absolute atomic E-state index is 13.2. The molecule has 0 spiro atoms. The standard InChI is InChI=1S/C47H61N3O4/c1-30-41(26-50-29-46(4)24-40(50)23-45(2,3)28-46)53-43(54-42(30)37-10-8-31(27-51)9-11-37)38-14-12-36(13-15-38)39-7-5-6-32(19-39)25-48-44(52)49-47-20-33-16-34(21-47)18-35(17-33)22-47/h5-15,19,30,33-35,40-43,51H,16-18,20-29H2,1-4H3,(H2,48,49,52). The lowest BCUT2D eigenvalue weighted by atomic mass is 9.53. The number of hydrogen-bond acceptors (Lipinski definition) is 5. The Balaban J connectivity index is 0.884. The van der Waals surface area contributed by atoms with Gasteiger partial charge in [-0.15, -0.1) is 0 Å². The van der Waals surface area contributed by atoms with Crippen LogP contribution < -0.4 is 10.6 Å². The van der Waals surface area contributed by atoms with E-state index in [9.17, 15) is 9.90 Å². The molecule has 7 fully saturated rings. The number of carbonyl (C=O) groups is 1. The van der Waals surface area contributed by atoms with Gasteiger partial charge in [-0.05, 0) is 120 Å². The molecule has 3 N–H and O–H groups in total. The van der Waals surface area contributed by atoms with Gasteiger partial charge in [0.05, 0.1) is 18.8 Å². The van der Waals surface area contributed by atoms with Gasteiger partial charge in [0.2, 0.25) is 0 Å². The highest BCUT2D eigenvalue weighted by molar-refractivity contribution is 5.75. The summed E-state index contributed by atoms with van der Waals surface area (Å²) in [7, 11) is 0. The van der Waals surface area contributed by atoms with Gasteiger partial charge in [0.25, 0.3) is 0 Å². The van der Waals surface area contributed by atoms with Gasteiger partial charge in [-0.2, -0.15) is 0 Å². The second-order valence-electron chi connectivity index (χ2n) is 19.8. The van der Waals surface area contributed by atoms with Crippen molar-refractivity contribution in [3.05, 3.63) is 95.1 Å². The van der Waals surface area contributed by atoms with Crippen LogP contribution in [0.3, 0.4) is 0 Å². The molecule has 6 atom stereocenters. The topological polar surface area (TPSA) is 83.1 Å². The summed E-state index contributed by atoms with van der Waals surface area (Å²) >= 11 is 0. The Morgan fingerprint density at radius 3 is 2.19 bits per heavy atom. The molecule has 5 saturated carbocycles. The van der Waals surface area contributed by atoms with Crippen LogP contribution in [0.5, 0.6) is 0 Å². The maximum Gasteiger partial charge on any atom is 0.315 e. The number of nitrogens with one attached hydrogen (secondary N) is 2. The summed E-state index contributed by atoms with van der Waals surface area (Å²) in [6.45, 7) is 12.2. The van der Waals surface area contributed by atoms with E-state index < -0.39 is 6.29 Å². The monoisotopic (exact) mass is 731 g/mol. The first-order chi connectivity index (χ1) is 25.9. The van der Waals surface area contributed by atoms with Gasteiger partial charge >= 0.3 is 6.03 Å². The molecule has 6 bridgehead atoms. The van der Waals surface area contributed by atoms with Crippen molar-refractivity contribution < 1.29 is 19.4 Å². The van der Waals surface area contributed by atoms with Crippen LogP contribution in [0, 0.1) is 34.5 Å². The number of carbonyl (C=O) groups excluding carboxylic acids is 1. The Morgan fingerprint density at radius 2 is 1.50 bits per heavy atom. The summed E-state index contributed by atoms with van der Waals surface area (Å²) in [5.41, 5.74) is 7.13. The van der Waals surface area contributed by atoms with Gasteiger partial charge in [-0.25, -0.2) is 4.79 Å². The number of urea groups is 1. The molecule has 3 aromatic carbocycles. The second-order valence-corrected chi connectivity index (χ2v) is 19.8. The van der Waals surface area contributed by atoms with Crippen molar-refractivity contribution in [2.75, 3.05) is 13.1 Å². The summed E-state index contributed by atoms with van der Waals surface area (Å²) < 4.78 is 13.8. The van der Waals surface area contributed by atoms with E-state index in [1.54, 1.807) is 0 Å². The van der Waals surface area contributed by atoms with Gasteiger partial charge in [0.1, 0.15) is 0 Å². The van der Waals surface area contributed by atoms with Gasteiger partial charge in [0.15, 0.2) is 6.29 Å². The minimum Gasteiger partial charge on any atom is -0.392 e. The Hall–Kier alpha value is -3.23. The van der Waals surface area contributed by atoms with E-state index in [0.29, 0.717) is 23.4 Å². The van der Waals surface area contributed by atoms with Gasteiger partial charge < -0.3 is 25.2 Å². The normalized spacial score (nSPS) is 36.6. The van der Waals surface area contributed by atoms with E-state index in [2.05, 4.69) is 104 Å². The third-order valence-corrected chi connectivity index (χ3v) is 14.4. The quantitative estimate of drug-likeness (QED) is 0.204. The number of fused-ring (bicyclic) bond motifs is 2. The molecular formula is C47H61N3O4. The summed E-state index contributed by atoms with van der Waals surface area (Å²) in [6.07, 6.45) is 10.8. The highest BCUT2D eigenvalue weighted by Gasteiger charge is 2.52. The number of aliphatic hydroxyl groups excluding tert-OH is 1. The fourth-order valence-corrected chi connectivity index (χ4v) is 12.8. The molecule has 5 aliphatic carbocycles. The smallest absolute Gasteiger partial charge is 0.315 e. The third kappa shape index (κ3) is 7.38. The molecule has 2 heterocycles. The first-order valence-corrected chi connectivity index (χ1v) is 20.9. The molecule has 3 aromatic rings. The Kier molecular flexibility index (Phi) is 9.48. The van der Waals surface area contributed by atoms with Crippen molar-refractivity contribution in [2.24, 2.45) is 34.5 Å². The number of hydrogen-bond donors (Lipinski definition) is 3. The van der Waals surface area contributed by atoms with Gasteiger partial charge in [-0.3, -0.25) is 4.90 Å². The van der Waals surface area contributed by atoms with E-state index >= 15 is 0 Å². The van der Waals surface area contributed by atoms with Crippen molar-refractivity contribution in [1.82, 2.24) is 15.5 Å². The van der Waals surface area contributed by atoms with Crippen molar-refractivity contribution in [3.8, 4) is 11.1 Å². The van der Waals surface area contributed by atoms with Crippen LogP contribution in [0.2, 0.25) is 0 Å². The summed E-state index contributed by atoms with van der Waals surface area (Å²) in [4.78, 5) is 15.9. The molecule has 2 saturated heterocycles. The average molecular weight is 732 g/mol. The van der Waals surface area contributed by atoms with E-state index in [0.717, 1.165) is 83.5 Å². The molecule has 288 valence electrons. The number of nitrogens with zero attached hydrogens (tertiary/aromatic N) is 1. The number of benzene rings is 3. The fraction of sp³-hybridized carbons (Fsp3) is 0.596. The molecule has 2 aliphatic heterocycles. The van der Waals surface area contributed by atoms with Crippen LogP contribution >= 0.6 is 0 Å². The number of amides is 2. The zero-order chi connectivity index (χ0) is 37.2. The highest BCUT2D eigenvalue weighted by atomic mass is 16.7. The van der Waals surface area contributed by atoms with Crippen LogP contribution in [-0.4, -0.2) is 46.8 Å². The lowest BCUT2D eigenvalue weighted by Gasteiger charge is -2.56. The molecule has 7 heteroatoms. The molecular weight excluding hydrogens is 671 g/mol. The first kappa shape index (κ1) is 36.4. The van der Waals surface area contributed by atoms with Crippen LogP contribution in [0.15, 0.2) is 72.8 Å². The maximum atomic E-state index is 13.2. The zero-order valence-electron chi connectivity index (χ0n) is 32.9. The summed E-state index contributed by atoms with van der Waals surface area (Å²) in [5.74, 6) is 2.57. The number of aliphatic hydroxyl groups is 1. The predicted molar refractivity (Wildman–Crippen MR) is 212 cm³/mol. The third-order valence-electron chi connectivity index (χ3n) is 14.4. The average Bonchev–Trinajstić information content (AvgIpc) is 3.37. The highest BCUT2D eigenvalue weighted by Crippen LogP contribution is 2.56. The Morgan fingerprint density at radius 1 is 0.815 bits per heavy atom. The number of ether oxygens (including phenoxy) is 2. The molecule has 54 heavy (non-hydrogen) atoms. The van der Waals surface area contributed by atoms with Crippen LogP contribution in [0.1, 0.15) is 120 Å². The number of likely N-dealkylation sites (tertiary alicyclic amines) is 1. The van der Waals surface area contributed by atoms with Crippen LogP contribution in [0.25, 0.3) is 11.1 Å². The van der Waals surface area contributed by atoms with E-state index in [4.69, 9.17) is 9.47 Å². The fourth-order valence-electron chi connectivity index (χ4n) is 12.8. The Labute approximate surface area is 322 Å². The largest absolute Gasteiger partial charge is 0.392 e. The van der Waals surface area contributed by atoms with Crippen molar-refractivity contribution >= 4 is 6.03 Å². The first-order valence-electron chi connectivity index (χ1n) is 20.9. The van der Waals surface area contributed by atoms with Crippen molar-refractivity contribution in [2.45, 2.75) is 129 Å². The molecule has 6 unspecified atom stereocenters. The molecule has 7 nitrogen and oxygen atoms in total. The van der Waals surface area contributed by atoms with E-state index in [1.165, 1.54) is 38.5 Å². The van der Waals surface area contributed by atoms with Gasteiger partial charge in [0, 0.05) is 42.7 Å². The molecule has 0 aromatic heterocycles. The van der Waals surface area contributed by atoms with Crippen molar-refractivity contribution in [3.63, 3.8) is 0 Å². The predicted octanol–water partition coefficient (Wildman–Crippen LogP) is 9.31. The molecule has 2 amide bonds. The summed E-state index contributed by atoms with van der Waals surface area (Å²) in [6, 6.07) is 25.9. The van der Waals surface area contributed by atoms with Gasteiger partial charge in [-0.1, -0.05) is 94.4 Å². The van der Waals surface area contributed by atoms with Crippen LogP contribution in [0.4, 0.5) is 4.79 Å². The SMILES string of the molecule is CC1C(CN2CC3(C)CC2CC(C)(C)C3)OC(c2ccc(-c3cccc(CNC(=O)NC45CC6CC(CC(C6)C4)C5)c3)cc2)OC1c1ccc(CO)cc1. The zero-order valence-corrected chi connectivity index (χ0v) is 32.9. The lowest BCUT2D eigenvalue weighted by molar-refractivity contribution is -0.276. The number of rotatable bonds is 9. The second kappa shape index (κ2) is 14.1. The van der Waals surface area contributed by atoms with Crippen molar-refractivity contribution in [1.29, 1.82) is 0 Å². The van der Waals surface area contributed by atoms with E-state index in [-0.39, 0.29) is 36.3 Å². The lowest BCUT2D eigenvalue weighted by Crippen LogP contribution is -2.61. The molecule has 10 rings (SSSR count). The van der Waals surface area contributed by atoms with E-state index in [1.807, 2.05) is 12.1 Å². The minimum absolute atomic E-state index is 0.0134. The molecule has 0 radical (unpaired) electrons. The summed E-state index contributed by atoms with van der Waals surface area (Å²) in [5, 5.41) is 16.3. The molecule has 7 aliphatic rings. The van der Waals surface area contributed by atoms with Crippen LogP contribution in [-0.2, 0) is 22.6 Å². The minimum atomic E-state index is -0.486.